The van der Waals surface area contributed by atoms with E-state index in [0.717, 1.165) is 9.75 Å². The van der Waals surface area contributed by atoms with Gasteiger partial charge in [-0.3, -0.25) is 4.79 Å². The van der Waals surface area contributed by atoms with E-state index in [2.05, 4.69) is 5.32 Å². The number of thiophene rings is 2. The molecule has 2 rings (SSSR count). The molecule has 2 aromatic heterocycles. The Labute approximate surface area is 130 Å². The molecule has 0 aliphatic carbocycles. The summed E-state index contributed by atoms with van der Waals surface area (Å²) in [5.74, 6) is -0.0504. The van der Waals surface area contributed by atoms with Crippen LogP contribution in [0.25, 0.3) is 0 Å². The predicted molar refractivity (Wildman–Crippen MR) is 83.5 cm³/mol. The van der Waals surface area contributed by atoms with Crippen LogP contribution in [0.5, 0.6) is 0 Å². The van der Waals surface area contributed by atoms with Crippen LogP contribution in [-0.2, 0) is 17.9 Å². The van der Waals surface area contributed by atoms with Crippen molar-refractivity contribution < 1.29 is 14.7 Å². The fourth-order valence-corrected chi connectivity index (χ4v) is 3.29. The maximum absolute atomic E-state index is 12.3. The van der Waals surface area contributed by atoms with Crippen LogP contribution >= 0.6 is 22.7 Å². The van der Waals surface area contributed by atoms with Gasteiger partial charge in [-0.2, -0.15) is 0 Å². The Morgan fingerprint density at radius 2 is 1.67 bits per heavy atom. The van der Waals surface area contributed by atoms with E-state index >= 15 is 0 Å². The number of carbonyl (C=O) groups excluding carboxylic acids is 1. The minimum absolute atomic E-state index is 0.0504. The molecule has 112 valence electrons. The van der Waals surface area contributed by atoms with E-state index in [0.29, 0.717) is 13.1 Å². The third-order valence-electron chi connectivity index (χ3n) is 2.82. The topological polar surface area (TPSA) is 69.6 Å². The molecule has 0 aliphatic heterocycles. The molecular weight excluding hydrogens is 308 g/mol. The Morgan fingerprint density at radius 3 is 2.10 bits per heavy atom. The number of nitrogens with zero attached hydrogens (tertiary/aromatic N) is 1. The molecule has 0 radical (unpaired) electrons. The first-order chi connectivity index (χ1) is 10.1. The van der Waals surface area contributed by atoms with Gasteiger partial charge >= 0.3 is 6.09 Å². The van der Waals surface area contributed by atoms with Gasteiger partial charge in [-0.25, -0.2) is 4.79 Å². The zero-order valence-electron chi connectivity index (χ0n) is 11.3. The number of amides is 2. The number of hydrogen-bond acceptors (Lipinski definition) is 4. The van der Waals surface area contributed by atoms with Crippen LogP contribution in [0.1, 0.15) is 16.2 Å². The van der Waals surface area contributed by atoms with E-state index < -0.39 is 6.09 Å². The number of rotatable bonds is 7. The van der Waals surface area contributed by atoms with E-state index in [4.69, 9.17) is 5.11 Å². The molecule has 0 saturated heterocycles. The molecule has 7 heteroatoms. The fraction of sp³-hybridized carbons (Fsp3) is 0.286. The molecule has 2 heterocycles. The first kappa shape index (κ1) is 15.5. The second kappa shape index (κ2) is 7.80. The maximum atomic E-state index is 12.3. The van der Waals surface area contributed by atoms with Crippen LogP contribution in [-0.4, -0.2) is 28.6 Å². The lowest BCUT2D eigenvalue weighted by Crippen LogP contribution is -2.33. The van der Waals surface area contributed by atoms with Gasteiger partial charge in [0, 0.05) is 22.7 Å². The Morgan fingerprint density at radius 1 is 1.10 bits per heavy atom. The van der Waals surface area contributed by atoms with Crippen molar-refractivity contribution in [3.8, 4) is 0 Å². The minimum Gasteiger partial charge on any atom is -0.465 e. The van der Waals surface area contributed by atoms with E-state index in [9.17, 15) is 9.59 Å². The third-order valence-corrected chi connectivity index (χ3v) is 4.54. The van der Waals surface area contributed by atoms with Crippen molar-refractivity contribution in [2.75, 3.05) is 6.54 Å². The average molecular weight is 324 g/mol. The number of carboxylic acid groups (broad SMARTS) is 1. The molecular formula is C14H16N2O3S2. The largest absolute Gasteiger partial charge is 0.465 e. The minimum atomic E-state index is -1.11. The van der Waals surface area contributed by atoms with Gasteiger partial charge in [-0.1, -0.05) is 12.1 Å². The van der Waals surface area contributed by atoms with Crippen LogP contribution in [0, 0.1) is 0 Å². The molecule has 2 N–H and O–H groups in total. The van der Waals surface area contributed by atoms with Gasteiger partial charge < -0.3 is 15.3 Å². The lowest BCUT2D eigenvalue weighted by molar-refractivity contribution is -0.132. The van der Waals surface area contributed by atoms with Crippen molar-refractivity contribution in [1.29, 1.82) is 0 Å². The second-order valence-corrected chi connectivity index (χ2v) is 6.45. The van der Waals surface area contributed by atoms with Gasteiger partial charge in [0.05, 0.1) is 13.1 Å². The smallest absolute Gasteiger partial charge is 0.404 e. The predicted octanol–water partition coefficient (Wildman–Crippen LogP) is 3.00. The fourth-order valence-electron chi connectivity index (χ4n) is 1.85. The van der Waals surface area contributed by atoms with Crippen LogP contribution < -0.4 is 5.32 Å². The summed E-state index contributed by atoms with van der Waals surface area (Å²) < 4.78 is 0. The summed E-state index contributed by atoms with van der Waals surface area (Å²) in [5, 5.41) is 14.7. The Hall–Kier alpha value is -1.86. The molecule has 0 saturated carbocycles. The van der Waals surface area contributed by atoms with Crippen molar-refractivity contribution >= 4 is 34.7 Å². The summed E-state index contributed by atoms with van der Waals surface area (Å²) in [4.78, 5) is 26.7. The van der Waals surface area contributed by atoms with Crippen molar-refractivity contribution in [3.63, 3.8) is 0 Å². The summed E-state index contributed by atoms with van der Waals surface area (Å²) in [6, 6.07) is 7.91. The van der Waals surface area contributed by atoms with Gasteiger partial charge in [0.2, 0.25) is 5.91 Å². The monoisotopic (exact) mass is 324 g/mol. The molecule has 0 aromatic carbocycles. The summed E-state index contributed by atoms with van der Waals surface area (Å²) in [5.41, 5.74) is 0. The standard InChI is InChI=1S/C14H16N2O3S2/c17-13(5-6-15-14(18)19)16(9-11-3-1-7-20-11)10-12-4-2-8-21-12/h1-4,7-8,15H,5-6,9-10H2,(H,18,19). The highest BCUT2D eigenvalue weighted by atomic mass is 32.1. The highest BCUT2D eigenvalue weighted by Gasteiger charge is 2.15. The molecule has 0 atom stereocenters. The first-order valence-electron chi connectivity index (χ1n) is 6.44. The van der Waals surface area contributed by atoms with Crippen molar-refractivity contribution in [2.45, 2.75) is 19.5 Å². The quantitative estimate of drug-likeness (QED) is 0.822. The third kappa shape index (κ3) is 5.20. The summed E-state index contributed by atoms with van der Waals surface area (Å²) in [7, 11) is 0. The lowest BCUT2D eigenvalue weighted by Gasteiger charge is -2.21. The maximum Gasteiger partial charge on any atom is 0.404 e. The van der Waals surface area contributed by atoms with E-state index in [1.54, 1.807) is 27.6 Å². The number of hydrogen-bond donors (Lipinski definition) is 2. The Balaban J connectivity index is 1.96. The van der Waals surface area contributed by atoms with Gasteiger partial charge in [0.1, 0.15) is 0 Å². The van der Waals surface area contributed by atoms with E-state index in [1.807, 2.05) is 35.0 Å². The lowest BCUT2D eigenvalue weighted by atomic mass is 10.3. The number of carbonyl (C=O) groups is 2. The highest BCUT2D eigenvalue weighted by Crippen LogP contribution is 2.17. The molecule has 0 bridgehead atoms. The molecule has 0 aliphatic rings. The highest BCUT2D eigenvalue weighted by molar-refractivity contribution is 7.10. The number of nitrogens with one attached hydrogen (secondary N) is 1. The second-order valence-electron chi connectivity index (χ2n) is 4.39. The van der Waals surface area contributed by atoms with Gasteiger partial charge in [-0.05, 0) is 22.9 Å². The molecule has 0 spiro atoms. The van der Waals surface area contributed by atoms with E-state index in [1.165, 1.54) is 0 Å². The SMILES string of the molecule is O=C(O)NCCC(=O)N(Cc1cccs1)Cc1cccs1. The van der Waals surface area contributed by atoms with E-state index in [-0.39, 0.29) is 18.9 Å². The molecule has 2 amide bonds. The van der Waals surface area contributed by atoms with Crippen LogP contribution in [0.3, 0.4) is 0 Å². The summed E-state index contributed by atoms with van der Waals surface area (Å²) >= 11 is 3.22. The zero-order valence-corrected chi connectivity index (χ0v) is 13.0. The van der Waals surface area contributed by atoms with Gasteiger partial charge in [0.15, 0.2) is 0 Å². The van der Waals surface area contributed by atoms with Crippen LogP contribution in [0.15, 0.2) is 35.0 Å². The summed E-state index contributed by atoms with van der Waals surface area (Å²) in [6.45, 7) is 1.25. The van der Waals surface area contributed by atoms with Crippen LogP contribution in [0.4, 0.5) is 4.79 Å². The summed E-state index contributed by atoms with van der Waals surface area (Å²) in [6.07, 6.45) is -0.936. The van der Waals surface area contributed by atoms with Gasteiger partial charge in [-0.15, -0.1) is 22.7 Å². The van der Waals surface area contributed by atoms with Crippen LogP contribution in [0.2, 0.25) is 0 Å². The Bertz CT molecular complexity index is 531. The van der Waals surface area contributed by atoms with Crippen molar-refractivity contribution in [1.82, 2.24) is 10.2 Å². The first-order valence-corrected chi connectivity index (χ1v) is 8.20. The van der Waals surface area contributed by atoms with Crippen molar-refractivity contribution in [3.05, 3.63) is 44.8 Å². The average Bonchev–Trinajstić information content (AvgIpc) is 3.10. The van der Waals surface area contributed by atoms with Crippen molar-refractivity contribution in [2.24, 2.45) is 0 Å². The van der Waals surface area contributed by atoms with Gasteiger partial charge in [0.25, 0.3) is 0 Å². The molecule has 0 unspecified atom stereocenters. The molecule has 5 nitrogen and oxygen atoms in total. The molecule has 2 aromatic rings. The normalized spacial score (nSPS) is 10.3. The Kier molecular flexibility index (Phi) is 5.77. The zero-order chi connectivity index (χ0) is 15.1. The molecule has 21 heavy (non-hydrogen) atoms. The molecule has 0 fully saturated rings.